The summed E-state index contributed by atoms with van der Waals surface area (Å²) in [6.07, 6.45) is 15.9. The van der Waals surface area contributed by atoms with Crippen LogP contribution in [0.15, 0.2) is 81.6 Å². The lowest BCUT2D eigenvalue weighted by Gasteiger charge is -2.40. The highest BCUT2D eigenvalue weighted by atomic mass is 127. The van der Waals surface area contributed by atoms with Crippen LogP contribution >= 0.6 is 68.4 Å². The number of rotatable bonds is 22. The Labute approximate surface area is 509 Å². The number of aromatic nitrogens is 4. The number of anilines is 2. The fourth-order valence-corrected chi connectivity index (χ4v) is 10.0. The highest BCUT2D eigenvalue weighted by Crippen LogP contribution is 2.41. The van der Waals surface area contributed by atoms with Gasteiger partial charge in [-0.05, 0) is 163 Å². The zero-order valence-electron chi connectivity index (χ0n) is 48.5. The van der Waals surface area contributed by atoms with Crippen molar-refractivity contribution in [3.8, 4) is 22.9 Å². The minimum absolute atomic E-state index is 0.0451. The number of halogens is 5. The molecule has 0 bridgehead atoms. The highest BCUT2D eigenvalue weighted by Gasteiger charge is 2.41. The summed E-state index contributed by atoms with van der Waals surface area (Å²) in [5.74, 6) is 4.54. The molecule has 79 heavy (non-hydrogen) atoms. The van der Waals surface area contributed by atoms with Crippen molar-refractivity contribution >= 4 is 99.5 Å². The van der Waals surface area contributed by atoms with E-state index < -0.39 is 26.5 Å². The van der Waals surface area contributed by atoms with E-state index in [1.165, 1.54) is 77.0 Å². The van der Waals surface area contributed by atoms with E-state index in [4.69, 9.17) is 54.1 Å². The molecule has 0 unspecified atom stereocenters. The third-order valence-corrected chi connectivity index (χ3v) is 20.3. The third-order valence-electron chi connectivity index (χ3n) is 13.3. The third kappa shape index (κ3) is 23.3. The van der Waals surface area contributed by atoms with Crippen molar-refractivity contribution in [2.24, 2.45) is 5.96 Å². The van der Waals surface area contributed by atoms with E-state index in [2.05, 4.69) is 153 Å². The lowest BCUT2D eigenvalue weighted by molar-refractivity contribution is 0.159. The molecule has 6 rings (SSSR count). The van der Waals surface area contributed by atoms with Gasteiger partial charge in [0.05, 0.1) is 35.4 Å². The van der Waals surface area contributed by atoms with Crippen molar-refractivity contribution in [2.75, 3.05) is 10.6 Å². The first-order chi connectivity index (χ1) is 37.6. The summed E-state index contributed by atoms with van der Waals surface area (Å²) in [4.78, 5) is 6.88. The van der Waals surface area contributed by atoms with Crippen LogP contribution in [0.5, 0.6) is 0 Å². The molecule has 0 aliphatic heterocycles. The first-order valence-corrected chi connectivity index (χ1v) is 33.0. The van der Waals surface area contributed by atoms with Gasteiger partial charge in [-0.1, -0.05) is 161 Å². The van der Waals surface area contributed by atoms with Crippen LogP contribution in [0, 0.1) is 34.1 Å². The second kappa shape index (κ2) is 37.0. The number of aliphatic hydroxyl groups excluding tert-OH is 1. The summed E-state index contributed by atoms with van der Waals surface area (Å²) in [5.41, 5.74) is 5.45. The van der Waals surface area contributed by atoms with Gasteiger partial charge in [0.1, 0.15) is 12.1 Å². The van der Waals surface area contributed by atoms with E-state index in [0.717, 1.165) is 29.5 Å². The summed E-state index contributed by atoms with van der Waals surface area (Å²) < 4.78 is 29.9. The maximum absolute atomic E-state index is 10.2. The Kier molecular flexibility index (Phi) is 33.2. The van der Waals surface area contributed by atoms with Crippen LogP contribution in [-0.2, 0) is 4.43 Å². The van der Waals surface area contributed by atoms with Gasteiger partial charge in [-0.3, -0.25) is 0 Å². The van der Waals surface area contributed by atoms with Crippen molar-refractivity contribution in [1.82, 2.24) is 20.4 Å². The van der Waals surface area contributed by atoms with Crippen molar-refractivity contribution in [3.63, 3.8) is 0 Å². The van der Waals surface area contributed by atoms with Crippen LogP contribution in [0.1, 0.15) is 174 Å². The molecule has 4 atom stereocenters. The van der Waals surface area contributed by atoms with Crippen LogP contribution in [0.25, 0.3) is 32.6 Å². The molecule has 0 fully saturated rings. The second-order valence-corrected chi connectivity index (χ2v) is 28.7. The number of nitrogens with zero attached hydrogens (tertiary/aromatic N) is 6. The number of hydrogen-bond donors (Lipinski definition) is 4. The number of nitrogens with one attached hydrogen (secondary N) is 2. The van der Waals surface area contributed by atoms with Crippen molar-refractivity contribution < 1.29 is 22.8 Å². The van der Waals surface area contributed by atoms with E-state index in [1.54, 1.807) is 25.1 Å². The zero-order chi connectivity index (χ0) is 59.3. The van der Waals surface area contributed by atoms with Gasteiger partial charge in [-0.2, -0.15) is 5.96 Å². The summed E-state index contributed by atoms with van der Waals surface area (Å²) in [7, 11) is -2.08. The molecule has 0 saturated heterocycles. The van der Waals surface area contributed by atoms with Crippen molar-refractivity contribution in [1.29, 1.82) is 0 Å². The second-order valence-electron chi connectivity index (χ2n) is 20.7. The number of aliphatic hydroxyl groups is 1. The first kappa shape index (κ1) is 70.9. The molecule has 0 aliphatic rings. The van der Waals surface area contributed by atoms with Gasteiger partial charge in [-0.15, -0.1) is 24.9 Å². The summed E-state index contributed by atoms with van der Waals surface area (Å²) in [6, 6.07) is 21.6. The van der Waals surface area contributed by atoms with Crippen LogP contribution in [0.3, 0.4) is 0 Å². The van der Waals surface area contributed by atoms with E-state index in [9.17, 15) is 5.11 Å². The number of unbranched alkanes of at least 4 members (excludes halogenated alkanes) is 10. The lowest BCUT2D eigenvalue weighted by atomic mass is 10.1. The standard InChI is InChI=1S/C25H30ClIN4O2Si.C19H16ClIN4O2.2C8H18.FH2N/c1-15-19(13-14-20(28-6)21(15)26)29-22(16(2)33-34(7,8)25(3,4)5)24-31-30-23(32-24)17-9-11-18(27)12-10-17;1-10-14(8-9-15(22-3)16(10)20)23-17(11(2)26)19-25-24-18(27-19)12-4-6-13(21)7-5-12;2*1-3-5-7-8-6-4-2;1-2/h9-14,16,22,29H,1-5,7-8H3;4-9,11,17,23,26H,1-2H3;2*3-8H2,1-2H3;2H2/t16-,22+;11-,17+;;;/m00.../s1. The Balaban J connectivity index is 0.000000418. The Morgan fingerprint density at radius 3 is 1.28 bits per heavy atom. The SMILES string of the molecule is CCCCCCCC.CCCCCCCC.NF.[C-]#[N+]c1ccc(N[C@@H](c2nnc(-c3ccc(I)cc3)o2)[C@H](C)O)c(C)c1Cl.[C-]#[N+]c1ccc(N[C@@H](c2nnc(-c3ccc(I)cc3)o2)[C@H](C)O[Si](C)(C)C(C)(C)C)c(C)c1Cl. The largest absolute Gasteiger partial charge is 0.418 e. The van der Waals surface area contributed by atoms with Gasteiger partial charge in [0.25, 0.3) is 0 Å². The Hall–Kier alpha value is -4.19. The van der Waals surface area contributed by atoms with E-state index >= 15 is 0 Å². The molecule has 0 spiro atoms. The molecule has 0 amide bonds. The normalized spacial score (nSPS) is 12.5. The van der Waals surface area contributed by atoms with Gasteiger partial charge in [0.2, 0.25) is 34.9 Å². The quantitative estimate of drug-likeness (QED) is 0.0168. The minimum atomic E-state index is -2.08. The fraction of sp³-hybridized carbons (Fsp3) is 0.500. The van der Waals surface area contributed by atoms with Crippen molar-refractivity contribution in [2.45, 2.75) is 196 Å². The Morgan fingerprint density at radius 2 is 0.962 bits per heavy atom. The van der Waals surface area contributed by atoms with Gasteiger partial charge >= 0.3 is 0 Å². The van der Waals surface area contributed by atoms with Crippen LogP contribution in [0.2, 0.25) is 28.2 Å². The fourth-order valence-electron chi connectivity index (χ4n) is 7.49. The number of hydrogen-bond acceptors (Lipinski definition) is 11. The number of benzene rings is 4. The minimum Gasteiger partial charge on any atom is -0.418 e. The van der Waals surface area contributed by atoms with Gasteiger partial charge in [-0.25, -0.2) is 9.69 Å². The molecule has 432 valence electrons. The Morgan fingerprint density at radius 1 is 0.620 bits per heavy atom. The summed E-state index contributed by atoms with van der Waals surface area (Å²) >= 11 is 17.2. The molecule has 2 aromatic heterocycles. The molecule has 13 nitrogen and oxygen atoms in total. The molecular weight excluding hydrogens is 1280 g/mol. The molecule has 19 heteroatoms. The maximum Gasteiger partial charge on any atom is 0.247 e. The molecule has 0 radical (unpaired) electrons. The number of nitrogens with two attached hydrogens (primary N) is 1. The average molecular weight is 1370 g/mol. The van der Waals surface area contributed by atoms with Gasteiger partial charge in [0.15, 0.2) is 8.32 Å². The predicted molar refractivity (Wildman–Crippen MR) is 345 cm³/mol. The first-order valence-electron chi connectivity index (χ1n) is 27.2. The monoisotopic (exact) mass is 1370 g/mol. The summed E-state index contributed by atoms with van der Waals surface area (Å²) in [6.45, 7) is 41.9. The van der Waals surface area contributed by atoms with Gasteiger partial charge in [0, 0.05) is 29.6 Å². The molecule has 0 aliphatic carbocycles. The summed E-state index contributed by atoms with van der Waals surface area (Å²) in [5, 5.41) is 34.7. The van der Waals surface area contributed by atoms with Gasteiger partial charge < -0.3 is 29.0 Å². The smallest absolute Gasteiger partial charge is 0.247 e. The van der Waals surface area contributed by atoms with E-state index in [0.29, 0.717) is 50.3 Å². The Bertz CT molecular complexity index is 2760. The predicted octanol–water partition coefficient (Wildman–Crippen LogP) is 20.4. The molecular formula is C60H84Cl2FI2N9O4Si. The molecule has 2 heterocycles. The van der Waals surface area contributed by atoms with E-state index in [-0.39, 0.29) is 17.0 Å². The topological polar surface area (TPSA) is 166 Å². The lowest BCUT2D eigenvalue weighted by Crippen LogP contribution is -2.45. The van der Waals surface area contributed by atoms with E-state index in [1.807, 2.05) is 75.4 Å². The van der Waals surface area contributed by atoms with Crippen LogP contribution < -0.4 is 16.6 Å². The molecule has 0 saturated carbocycles. The van der Waals surface area contributed by atoms with Crippen LogP contribution in [0.4, 0.5) is 27.2 Å². The highest BCUT2D eigenvalue weighted by molar-refractivity contribution is 14.1. The molecule has 6 aromatic rings. The van der Waals surface area contributed by atoms with Crippen LogP contribution in [-0.4, -0.2) is 46.0 Å². The van der Waals surface area contributed by atoms with Crippen molar-refractivity contribution in [3.05, 3.63) is 136 Å². The average Bonchev–Trinajstić information content (AvgIpc) is 4.15. The zero-order valence-corrected chi connectivity index (χ0v) is 55.4. The molecule has 4 aromatic carbocycles. The molecule has 5 N–H and O–H groups in total. The maximum atomic E-state index is 10.2.